The van der Waals surface area contributed by atoms with Crippen LogP contribution in [0.3, 0.4) is 0 Å². The molecule has 1 aliphatic carbocycles. The Hall–Kier alpha value is 0.154. The average molecular weight is 214 g/mol. The zero-order chi connectivity index (χ0) is 10.3. The van der Waals surface area contributed by atoms with E-state index in [2.05, 4.69) is 71.7 Å². The summed E-state index contributed by atoms with van der Waals surface area (Å²) in [6.07, 6.45) is 7.56. The molecule has 0 saturated carbocycles. The average Bonchev–Trinajstić information content (AvgIpc) is 2.37. The fourth-order valence-corrected chi connectivity index (χ4v) is 1.45. The van der Waals surface area contributed by atoms with Crippen molar-refractivity contribution in [1.82, 2.24) is 5.32 Å². The minimum atomic E-state index is 0.625. The van der Waals surface area contributed by atoms with Gasteiger partial charge in [-0.3, -0.25) is 0 Å². The molecule has 0 aromatic heterocycles. The summed E-state index contributed by atoms with van der Waals surface area (Å²) in [7, 11) is 0. The zero-order valence-electron chi connectivity index (χ0n) is 9.09. The van der Waals surface area contributed by atoms with Crippen LogP contribution in [0, 0.1) is 0 Å². The summed E-state index contributed by atoms with van der Waals surface area (Å²) in [6, 6.07) is 1.25. The van der Waals surface area contributed by atoms with E-state index in [0.717, 1.165) is 0 Å². The predicted molar refractivity (Wildman–Crippen MR) is 55.2 cm³/mol. The van der Waals surface area contributed by atoms with Crippen molar-refractivity contribution in [1.29, 1.82) is 0 Å². The predicted octanol–water partition coefficient (Wildman–Crippen LogP) is 2.77. The molecule has 0 bridgehead atoms. The van der Waals surface area contributed by atoms with Crippen LogP contribution in [0.4, 0.5) is 0 Å². The van der Waals surface area contributed by atoms with Gasteiger partial charge in [0.25, 0.3) is 0 Å². The summed E-state index contributed by atoms with van der Waals surface area (Å²) in [6.45, 7) is 8.61. The van der Waals surface area contributed by atoms with Gasteiger partial charge in [-0.2, -0.15) is 0 Å². The molecule has 0 atom stereocenters. The molecule has 0 aromatic carbocycles. The van der Waals surface area contributed by atoms with Crippen LogP contribution in [-0.2, 0) is 20.4 Å². The van der Waals surface area contributed by atoms with Crippen molar-refractivity contribution in [2.75, 3.05) is 0 Å². The maximum atomic E-state index is 3.31. The molecule has 0 aromatic rings. The van der Waals surface area contributed by atoms with Crippen molar-refractivity contribution < 1.29 is 20.4 Å². The van der Waals surface area contributed by atoms with Crippen molar-refractivity contribution in [2.45, 2.75) is 46.2 Å². The fraction of sp³-hybridized carbons (Fsp3) is 0.636. The molecule has 0 heterocycles. The summed E-state index contributed by atoms with van der Waals surface area (Å²) in [5.41, 5.74) is 0. The molecule has 0 aliphatic heterocycles. The molecule has 13 heavy (non-hydrogen) atoms. The topological polar surface area (TPSA) is 12.0 Å². The summed E-state index contributed by atoms with van der Waals surface area (Å²) >= 11 is 2.14. The number of hydrogen-bond donors (Lipinski definition) is 1. The quantitative estimate of drug-likeness (QED) is 0.697. The van der Waals surface area contributed by atoms with Crippen molar-refractivity contribution in [2.24, 2.45) is 0 Å². The van der Waals surface area contributed by atoms with E-state index in [4.69, 9.17) is 0 Å². The third-order valence-electron chi connectivity index (χ3n) is 1.44. The van der Waals surface area contributed by atoms with E-state index in [1.165, 1.54) is 10.3 Å². The summed E-state index contributed by atoms with van der Waals surface area (Å²) in [5, 5.41) is 3.31. The first-order valence-electron chi connectivity index (χ1n) is 4.85. The molecule has 1 N–H and O–H groups in total. The molecule has 1 aliphatic rings. The van der Waals surface area contributed by atoms with Gasteiger partial charge in [0.15, 0.2) is 0 Å². The Morgan fingerprint density at radius 2 is 1.77 bits per heavy atom. The van der Waals surface area contributed by atoms with E-state index in [1.807, 2.05) is 0 Å². The molecule has 0 fully saturated rings. The molecular formula is C11H20NTi. The van der Waals surface area contributed by atoms with Gasteiger partial charge >= 0.3 is 49.0 Å². The summed E-state index contributed by atoms with van der Waals surface area (Å²) in [5.74, 6) is 0. The van der Waals surface area contributed by atoms with Gasteiger partial charge in [0.05, 0.1) is 0 Å². The molecule has 0 spiro atoms. The Labute approximate surface area is 94.1 Å². The normalized spacial score (nSPS) is 14.4. The van der Waals surface area contributed by atoms with Crippen molar-refractivity contribution in [3.63, 3.8) is 0 Å². The zero-order valence-corrected chi connectivity index (χ0v) is 10.7. The summed E-state index contributed by atoms with van der Waals surface area (Å²) in [4.78, 5) is 0. The number of nitrogens with one attached hydrogen (secondary N) is 1. The molecule has 0 saturated heterocycles. The van der Waals surface area contributed by atoms with E-state index in [0.29, 0.717) is 12.1 Å². The molecule has 1 nitrogen and oxygen atoms in total. The molecule has 0 unspecified atom stereocenters. The molecular weight excluding hydrogens is 194 g/mol. The molecule has 73 valence electrons. The van der Waals surface area contributed by atoms with Crippen LogP contribution >= 0.6 is 0 Å². The second kappa shape index (κ2) is 7.55. The van der Waals surface area contributed by atoms with Crippen LogP contribution < -0.4 is 5.32 Å². The van der Waals surface area contributed by atoms with Crippen LogP contribution in [0.15, 0.2) is 22.1 Å². The Kier molecular flexibility index (Phi) is 7.64. The molecule has 1 rings (SSSR count). The van der Waals surface area contributed by atoms with Crippen LogP contribution in [0.5, 0.6) is 0 Å². The Morgan fingerprint density at radius 3 is 1.85 bits per heavy atom. The monoisotopic (exact) mass is 214 g/mol. The molecule has 2 heteroatoms. The third kappa shape index (κ3) is 10.1. The van der Waals surface area contributed by atoms with Gasteiger partial charge in [0.1, 0.15) is 0 Å². The minimum absolute atomic E-state index is 0.625. The van der Waals surface area contributed by atoms with Gasteiger partial charge in [-0.1, -0.05) is 27.7 Å². The van der Waals surface area contributed by atoms with Gasteiger partial charge in [-0.15, -0.1) is 0 Å². The van der Waals surface area contributed by atoms with E-state index in [-0.39, 0.29) is 0 Å². The first-order chi connectivity index (χ1) is 6.02. The molecule has 0 amide bonds. The Bertz CT molecular complexity index is 175. The maximum absolute atomic E-state index is 3.31. The number of rotatable bonds is 2. The van der Waals surface area contributed by atoms with E-state index in [9.17, 15) is 0 Å². The van der Waals surface area contributed by atoms with E-state index in [1.54, 1.807) is 0 Å². The van der Waals surface area contributed by atoms with Crippen molar-refractivity contribution in [3.8, 4) is 0 Å². The van der Waals surface area contributed by atoms with Gasteiger partial charge in [-0.05, 0) is 0 Å². The van der Waals surface area contributed by atoms with E-state index < -0.39 is 0 Å². The van der Waals surface area contributed by atoms with E-state index >= 15 is 0 Å². The molecule has 0 radical (unpaired) electrons. The summed E-state index contributed by atoms with van der Waals surface area (Å²) < 4.78 is 1.47. The van der Waals surface area contributed by atoms with Gasteiger partial charge in [0.2, 0.25) is 0 Å². The van der Waals surface area contributed by atoms with Gasteiger partial charge in [0, 0.05) is 12.1 Å². The van der Waals surface area contributed by atoms with Crippen LogP contribution in [-0.4, -0.2) is 12.1 Å². The first-order valence-corrected chi connectivity index (χ1v) is 5.63. The van der Waals surface area contributed by atoms with Crippen molar-refractivity contribution >= 4 is 0 Å². The number of allylic oxidation sites excluding steroid dienone is 4. The van der Waals surface area contributed by atoms with Crippen molar-refractivity contribution in [3.05, 3.63) is 22.1 Å². The van der Waals surface area contributed by atoms with Crippen LogP contribution in [0.1, 0.15) is 34.1 Å². The Balaban J connectivity index is 0.000000223. The number of hydrogen-bond acceptors (Lipinski definition) is 1. The second-order valence-corrected chi connectivity index (χ2v) is 4.80. The van der Waals surface area contributed by atoms with Gasteiger partial charge in [-0.25, -0.2) is 0 Å². The fourth-order valence-electron chi connectivity index (χ4n) is 1.11. The first kappa shape index (κ1) is 13.2. The van der Waals surface area contributed by atoms with Crippen LogP contribution in [0.25, 0.3) is 0 Å². The Morgan fingerprint density at radius 1 is 1.23 bits per heavy atom. The second-order valence-electron chi connectivity index (χ2n) is 3.80. The third-order valence-corrected chi connectivity index (χ3v) is 2.02. The standard InChI is InChI=1S/C6H15N.C5H5.Ti/c1-5(2)7-6(3)4;1-2-4-5-3-1;/h5-7H,1-4H3;1-3H,4H2;. The van der Waals surface area contributed by atoms with Crippen LogP contribution in [0.2, 0.25) is 0 Å². The SMILES string of the molecule is CC(C)NC(C)C.[Ti][C]1=CC=CC1. The van der Waals surface area contributed by atoms with Gasteiger partial charge < -0.3 is 5.32 Å².